The van der Waals surface area contributed by atoms with Gasteiger partial charge in [-0.2, -0.15) is 10.5 Å². The van der Waals surface area contributed by atoms with Crippen LogP contribution in [-0.4, -0.2) is 0 Å². The predicted molar refractivity (Wildman–Crippen MR) is 194 cm³/mol. The average molecular weight is 605 g/mol. The van der Waals surface area contributed by atoms with Crippen LogP contribution in [0.25, 0.3) is 97.3 Å². The minimum absolute atomic E-state index is 0.420. The van der Waals surface area contributed by atoms with Crippen LogP contribution in [0.3, 0.4) is 0 Å². The molecule has 0 unspecified atom stereocenters. The van der Waals surface area contributed by atoms with Crippen LogP contribution in [0.1, 0.15) is 11.1 Å². The maximum atomic E-state index is 9.89. The lowest BCUT2D eigenvalue weighted by Crippen LogP contribution is -1.91. The molecule has 8 aromatic rings. The van der Waals surface area contributed by atoms with E-state index < -0.39 is 0 Å². The number of nitriles is 2. The molecule has 1 aliphatic carbocycles. The number of benzene rings is 8. The smallest absolute Gasteiger partial charge is 0.189 e. The molecule has 8 aromatic carbocycles. The minimum atomic E-state index is 0.420. The van der Waals surface area contributed by atoms with Gasteiger partial charge in [0.1, 0.15) is 0 Å². The quantitative estimate of drug-likeness (QED) is 0.146. The van der Waals surface area contributed by atoms with Crippen LogP contribution in [0.15, 0.2) is 121 Å². The molecule has 0 atom stereocenters. The largest absolute Gasteiger partial charge is 0.238 e. The van der Waals surface area contributed by atoms with Crippen LogP contribution in [0.2, 0.25) is 0 Å². The van der Waals surface area contributed by atoms with Crippen molar-refractivity contribution >= 4 is 54.5 Å². The van der Waals surface area contributed by atoms with E-state index in [1.54, 1.807) is 12.1 Å². The Bertz CT molecular complexity index is 2870. The molecule has 0 bridgehead atoms. The summed E-state index contributed by atoms with van der Waals surface area (Å²) in [5.74, 6) is 0. The van der Waals surface area contributed by atoms with Crippen LogP contribution in [0.5, 0.6) is 0 Å². The molecular weight excluding hydrogens is 585 g/mol. The zero-order valence-electron chi connectivity index (χ0n) is 25.3. The standard InChI is InChI=1S/C44H20N4/c1-47-30-15-25(23-45)13-28(17-30)36-19-42-38(33-10-4-3-9-32(33)36)20-37(29-14-26(24-46)16-31(18-29)48-2)41-21-39-34-11-5-7-27-8-6-12-35(44(27)34)40(39)22-43(41)42/h3-22H. The van der Waals surface area contributed by atoms with Gasteiger partial charge in [-0.05, 0) is 148 Å². The molecule has 0 radical (unpaired) electrons. The normalized spacial score (nSPS) is 11.2. The summed E-state index contributed by atoms with van der Waals surface area (Å²) in [5, 5.41) is 28.3. The Hall–Kier alpha value is -7.24. The first-order valence-corrected chi connectivity index (χ1v) is 15.4. The summed E-state index contributed by atoms with van der Waals surface area (Å²) in [6, 6.07) is 45.2. The number of hydrogen-bond donors (Lipinski definition) is 0. The Morgan fingerprint density at radius 3 is 1.46 bits per heavy atom. The van der Waals surface area contributed by atoms with Crippen molar-refractivity contribution in [2.75, 3.05) is 0 Å². The first-order chi connectivity index (χ1) is 23.6. The third-order valence-corrected chi connectivity index (χ3v) is 9.57. The molecule has 0 amide bonds. The fourth-order valence-corrected chi connectivity index (χ4v) is 7.55. The van der Waals surface area contributed by atoms with Crippen molar-refractivity contribution in [2.24, 2.45) is 0 Å². The molecule has 48 heavy (non-hydrogen) atoms. The highest BCUT2D eigenvalue weighted by Crippen LogP contribution is 2.51. The summed E-state index contributed by atoms with van der Waals surface area (Å²) in [4.78, 5) is 7.36. The number of nitrogens with zero attached hydrogens (tertiary/aromatic N) is 4. The van der Waals surface area contributed by atoms with Crippen molar-refractivity contribution in [2.45, 2.75) is 0 Å². The molecule has 4 nitrogen and oxygen atoms in total. The molecule has 0 fully saturated rings. The molecule has 0 aromatic heterocycles. The number of fused-ring (bicyclic) bond motifs is 8. The zero-order valence-corrected chi connectivity index (χ0v) is 25.3. The third-order valence-electron chi connectivity index (χ3n) is 9.57. The van der Waals surface area contributed by atoms with E-state index in [2.05, 4.69) is 94.6 Å². The second-order valence-corrected chi connectivity index (χ2v) is 12.1. The highest BCUT2D eigenvalue weighted by atomic mass is 14.6. The Labute approximate surface area is 276 Å². The summed E-state index contributed by atoms with van der Waals surface area (Å²) in [6.07, 6.45) is 0. The van der Waals surface area contributed by atoms with Gasteiger partial charge >= 0.3 is 0 Å². The third kappa shape index (κ3) is 3.85. The summed E-state index contributed by atoms with van der Waals surface area (Å²) in [7, 11) is 0. The van der Waals surface area contributed by atoms with Crippen molar-refractivity contribution in [3.63, 3.8) is 0 Å². The molecule has 0 spiro atoms. The lowest BCUT2D eigenvalue weighted by molar-refractivity contribution is 1.49. The van der Waals surface area contributed by atoms with E-state index in [9.17, 15) is 10.5 Å². The van der Waals surface area contributed by atoms with Gasteiger partial charge in [0.25, 0.3) is 0 Å². The highest BCUT2D eigenvalue weighted by Gasteiger charge is 2.24. The summed E-state index contributed by atoms with van der Waals surface area (Å²) >= 11 is 0. The van der Waals surface area contributed by atoms with Crippen LogP contribution in [0, 0.1) is 35.8 Å². The Kier molecular flexibility index (Phi) is 5.72. The molecule has 216 valence electrons. The predicted octanol–water partition coefficient (Wildman–Crippen LogP) is 12.1. The molecule has 0 heterocycles. The second kappa shape index (κ2) is 10.1. The summed E-state index contributed by atoms with van der Waals surface area (Å²) in [5.41, 5.74) is 9.97. The van der Waals surface area contributed by atoms with E-state index in [1.165, 1.54) is 21.9 Å². The van der Waals surface area contributed by atoms with Gasteiger partial charge in [-0.25, -0.2) is 9.69 Å². The van der Waals surface area contributed by atoms with E-state index in [0.717, 1.165) is 65.7 Å². The molecule has 0 N–H and O–H groups in total. The van der Waals surface area contributed by atoms with Gasteiger partial charge in [0.2, 0.25) is 0 Å². The number of rotatable bonds is 2. The molecular formula is C44H20N4. The van der Waals surface area contributed by atoms with Crippen molar-refractivity contribution in [3.8, 4) is 56.6 Å². The minimum Gasteiger partial charge on any atom is -0.238 e. The van der Waals surface area contributed by atoms with E-state index in [4.69, 9.17) is 13.1 Å². The lowest BCUT2D eigenvalue weighted by atomic mass is 9.85. The fraction of sp³-hybridized carbons (Fsp3) is 0. The van der Waals surface area contributed by atoms with Crippen molar-refractivity contribution in [1.82, 2.24) is 0 Å². The SMILES string of the molecule is [C-]#[N+]c1cc(C#N)cc(-c2cc3c4cc5c(cc4c(-c4cc(C#N)cc([N+]#[C-])c4)cc3c3ccccc23)-c2cccc3cccc-5c23)c1. The fourth-order valence-electron chi connectivity index (χ4n) is 7.55. The van der Waals surface area contributed by atoms with E-state index in [0.29, 0.717) is 22.5 Å². The van der Waals surface area contributed by atoms with Gasteiger partial charge in [0, 0.05) is 11.1 Å². The van der Waals surface area contributed by atoms with Gasteiger partial charge < -0.3 is 0 Å². The van der Waals surface area contributed by atoms with E-state index >= 15 is 0 Å². The van der Waals surface area contributed by atoms with Crippen LogP contribution < -0.4 is 0 Å². The van der Waals surface area contributed by atoms with Gasteiger partial charge in [-0.15, -0.1) is 0 Å². The van der Waals surface area contributed by atoms with E-state index in [1.807, 2.05) is 36.4 Å². The van der Waals surface area contributed by atoms with Gasteiger partial charge in [0.05, 0.1) is 25.3 Å². The molecule has 4 heteroatoms. The Morgan fingerprint density at radius 1 is 0.417 bits per heavy atom. The molecule has 0 saturated heterocycles. The average Bonchev–Trinajstić information content (AvgIpc) is 3.46. The topological polar surface area (TPSA) is 56.3 Å². The monoisotopic (exact) mass is 604 g/mol. The second-order valence-electron chi connectivity index (χ2n) is 12.1. The molecule has 0 aliphatic heterocycles. The summed E-state index contributed by atoms with van der Waals surface area (Å²) < 4.78 is 0. The zero-order chi connectivity index (χ0) is 32.5. The van der Waals surface area contributed by atoms with Crippen LogP contribution in [-0.2, 0) is 0 Å². The molecule has 9 rings (SSSR count). The maximum absolute atomic E-state index is 9.89. The van der Waals surface area contributed by atoms with Crippen molar-refractivity contribution < 1.29 is 0 Å². The van der Waals surface area contributed by atoms with Crippen LogP contribution >= 0.6 is 0 Å². The van der Waals surface area contributed by atoms with Crippen molar-refractivity contribution in [1.29, 1.82) is 10.5 Å². The first kappa shape index (κ1) is 27.1. The maximum Gasteiger partial charge on any atom is 0.189 e. The molecule has 1 aliphatic rings. The first-order valence-electron chi connectivity index (χ1n) is 15.4. The number of hydrogen-bond acceptors (Lipinski definition) is 2. The van der Waals surface area contributed by atoms with Crippen molar-refractivity contribution in [3.05, 3.63) is 155 Å². The van der Waals surface area contributed by atoms with Crippen LogP contribution in [0.4, 0.5) is 11.4 Å². The van der Waals surface area contributed by atoms with Gasteiger partial charge in [0.15, 0.2) is 11.4 Å². The van der Waals surface area contributed by atoms with E-state index in [-0.39, 0.29) is 0 Å². The lowest BCUT2D eigenvalue weighted by Gasteiger charge is -2.18. The molecule has 0 saturated carbocycles. The summed E-state index contributed by atoms with van der Waals surface area (Å²) in [6.45, 7) is 15.4. The Morgan fingerprint density at radius 2 is 0.896 bits per heavy atom. The van der Waals surface area contributed by atoms with Gasteiger partial charge in [-0.1, -0.05) is 60.7 Å². The highest BCUT2D eigenvalue weighted by molar-refractivity contribution is 6.27. The van der Waals surface area contributed by atoms with Gasteiger partial charge in [-0.3, -0.25) is 0 Å². The Balaban J connectivity index is 1.48.